The van der Waals surface area contributed by atoms with Crippen LogP contribution in [0.3, 0.4) is 0 Å². The average molecular weight is 475 g/mol. The van der Waals surface area contributed by atoms with Crippen LogP contribution in [-0.2, 0) is 9.53 Å². The van der Waals surface area contributed by atoms with Gasteiger partial charge in [0, 0.05) is 23.6 Å². The molecule has 2 aromatic carbocycles. The molecule has 1 N–H and O–H groups in total. The monoisotopic (exact) mass is 474 g/mol. The first-order chi connectivity index (χ1) is 16.9. The van der Waals surface area contributed by atoms with Gasteiger partial charge >= 0.3 is 5.97 Å². The lowest BCUT2D eigenvalue weighted by atomic mass is 9.72. The predicted octanol–water partition coefficient (Wildman–Crippen LogP) is 4.75. The molecule has 8 nitrogen and oxygen atoms in total. The van der Waals surface area contributed by atoms with Crippen molar-refractivity contribution >= 4 is 17.6 Å². The van der Waals surface area contributed by atoms with Gasteiger partial charge < -0.3 is 24.1 Å². The van der Waals surface area contributed by atoms with Crippen molar-refractivity contribution in [2.24, 2.45) is 0 Å². The van der Waals surface area contributed by atoms with Crippen molar-refractivity contribution in [2.75, 3.05) is 26.6 Å². The number of ether oxygens (including phenoxy) is 3. The summed E-state index contributed by atoms with van der Waals surface area (Å²) >= 11 is 0. The number of aromatic nitrogens is 1. The standard InChI is InChI=1S/C27H26N2O6/c1-14-23-24(15-5-7-16(8-6-15)27(31)34-4)25-19(28-26(23)35-29-14)11-18(12-20(25)30)17-9-10-21(32-2)22(13-17)33-3/h5-10,13,18,24,28H,11-12H2,1-4H3/t18-,24-/m1/s1. The third-order valence-corrected chi connectivity index (χ3v) is 6.80. The molecule has 0 saturated carbocycles. The molecule has 2 aliphatic rings. The lowest BCUT2D eigenvalue weighted by Crippen LogP contribution is -2.29. The van der Waals surface area contributed by atoms with Crippen LogP contribution in [-0.4, -0.2) is 38.2 Å². The van der Waals surface area contributed by atoms with E-state index in [9.17, 15) is 9.59 Å². The van der Waals surface area contributed by atoms with Crippen molar-refractivity contribution in [3.05, 3.63) is 81.7 Å². The Morgan fingerprint density at radius 2 is 1.71 bits per heavy atom. The van der Waals surface area contributed by atoms with Crippen LogP contribution in [0.2, 0.25) is 0 Å². The molecule has 0 bridgehead atoms. The van der Waals surface area contributed by atoms with Crippen molar-refractivity contribution < 1.29 is 28.3 Å². The lowest BCUT2D eigenvalue weighted by Gasteiger charge is -2.34. The molecule has 0 saturated heterocycles. The second-order valence-corrected chi connectivity index (χ2v) is 8.72. The highest BCUT2D eigenvalue weighted by molar-refractivity contribution is 6.01. The van der Waals surface area contributed by atoms with Crippen LogP contribution < -0.4 is 14.8 Å². The Morgan fingerprint density at radius 3 is 2.40 bits per heavy atom. The van der Waals surface area contributed by atoms with Crippen molar-refractivity contribution in [3.63, 3.8) is 0 Å². The third-order valence-electron chi connectivity index (χ3n) is 6.80. The minimum atomic E-state index is -0.407. The number of nitrogens with zero attached hydrogens (tertiary/aromatic N) is 1. The molecule has 0 amide bonds. The third kappa shape index (κ3) is 3.84. The summed E-state index contributed by atoms with van der Waals surface area (Å²) in [7, 11) is 4.54. The number of nitrogens with one attached hydrogen (secondary N) is 1. The first-order valence-electron chi connectivity index (χ1n) is 11.3. The zero-order valence-corrected chi connectivity index (χ0v) is 20.0. The minimum Gasteiger partial charge on any atom is -0.493 e. The molecule has 3 aromatic rings. The van der Waals surface area contributed by atoms with E-state index in [0.29, 0.717) is 41.4 Å². The van der Waals surface area contributed by atoms with Gasteiger partial charge in [-0.3, -0.25) is 4.79 Å². The first-order valence-corrected chi connectivity index (χ1v) is 11.3. The number of allylic oxidation sites excluding steroid dienone is 2. The van der Waals surface area contributed by atoms with E-state index in [4.69, 9.17) is 18.7 Å². The summed E-state index contributed by atoms with van der Waals surface area (Å²) < 4.78 is 21.2. The van der Waals surface area contributed by atoms with Gasteiger partial charge in [0.2, 0.25) is 5.88 Å². The number of esters is 1. The Balaban J connectivity index is 1.55. The first kappa shape index (κ1) is 22.7. The summed E-state index contributed by atoms with van der Waals surface area (Å²) in [4.78, 5) is 25.6. The van der Waals surface area contributed by atoms with Gasteiger partial charge in [-0.1, -0.05) is 23.4 Å². The highest BCUT2D eigenvalue weighted by Gasteiger charge is 2.41. The molecule has 8 heteroatoms. The van der Waals surface area contributed by atoms with E-state index in [1.165, 1.54) is 7.11 Å². The van der Waals surface area contributed by atoms with Gasteiger partial charge in [0.25, 0.3) is 0 Å². The molecule has 0 radical (unpaired) electrons. The summed E-state index contributed by atoms with van der Waals surface area (Å²) in [6.07, 6.45) is 0.999. The molecule has 1 aliphatic heterocycles. The van der Waals surface area contributed by atoms with Crippen molar-refractivity contribution in [2.45, 2.75) is 31.6 Å². The normalized spacial score (nSPS) is 18.9. The molecule has 1 aromatic heterocycles. The molecule has 2 heterocycles. The number of hydrogen-bond acceptors (Lipinski definition) is 8. The lowest BCUT2D eigenvalue weighted by molar-refractivity contribution is -0.116. The number of carbonyl (C=O) groups excluding carboxylic acids is 2. The van der Waals surface area contributed by atoms with Crippen molar-refractivity contribution in [1.82, 2.24) is 5.16 Å². The minimum absolute atomic E-state index is 0.0264. The maximum Gasteiger partial charge on any atom is 0.337 e. The van der Waals surface area contributed by atoms with Gasteiger partial charge in [0.1, 0.15) is 0 Å². The number of benzene rings is 2. The Hall–Kier alpha value is -4.07. The van der Waals surface area contributed by atoms with E-state index in [0.717, 1.165) is 28.1 Å². The van der Waals surface area contributed by atoms with E-state index >= 15 is 0 Å². The van der Waals surface area contributed by atoms with Gasteiger partial charge in [0.15, 0.2) is 17.3 Å². The van der Waals surface area contributed by atoms with Gasteiger partial charge in [-0.2, -0.15) is 0 Å². The molecule has 5 rings (SSSR count). The number of fused-ring (bicyclic) bond motifs is 1. The van der Waals surface area contributed by atoms with E-state index in [2.05, 4.69) is 10.5 Å². The number of ketones is 1. The topological polar surface area (TPSA) is 99.9 Å². The van der Waals surface area contributed by atoms with Crippen LogP contribution in [0.1, 0.15) is 57.4 Å². The Kier molecular flexibility index (Phi) is 5.80. The number of rotatable bonds is 5. The molecule has 180 valence electrons. The van der Waals surface area contributed by atoms with Crippen molar-refractivity contribution in [1.29, 1.82) is 0 Å². The fraction of sp³-hybridized carbons (Fsp3) is 0.296. The summed E-state index contributed by atoms with van der Waals surface area (Å²) in [5, 5.41) is 7.49. The highest BCUT2D eigenvalue weighted by Crippen LogP contribution is 2.49. The van der Waals surface area contributed by atoms with Crippen LogP contribution in [0.25, 0.3) is 0 Å². The smallest absolute Gasteiger partial charge is 0.337 e. The molecule has 1 aliphatic carbocycles. The zero-order valence-electron chi connectivity index (χ0n) is 20.0. The number of anilines is 1. The van der Waals surface area contributed by atoms with Crippen LogP contribution >= 0.6 is 0 Å². The molecule has 35 heavy (non-hydrogen) atoms. The number of carbonyl (C=O) groups is 2. The van der Waals surface area contributed by atoms with E-state index in [1.54, 1.807) is 26.4 Å². The van der Waals surface area contributed by atoms with Gasteiger partial charge in [-0.05, 0) is 54.7 Å². The Morgan fingerprint density at radius 1 is 1.00 bits per heavy atom. The highest BCUT2D eigenvalue weighted by atomic mass is 16.5. The second-order valence-electron chi connectivity index (χ2n) is 8.72. The maximum atomic E-state index is 13.7. The van der Waals surface area contributed by atoms with Crippen molar-refractivity contribution in [3.8, 4) is 11.5 Å². The van der Waals surface area contributed by atoms with Gasteiger partial charge in [-0.25, -0.2) is 4.79 Å². The Labute approximate surface area is 202 Å². The van der Waals surface area contributed by atoms with Crippen LogP contribution in [0.15, 0.2) is 58.3 Å². The van der Waals surface area contributed by atoms with Gasteiger partial charge in [-0.15, -0.1) is 0 Å². The van der Waals surface area contributed by atoms with Gasteiger partial charge in [0.05, 0.1) is 38.2 Å². The molecule has 0 spiro atoms. The number of aryl methyl sites for hydroxylation is 1. The zero-order chi connectivity index (χ0) is 24.7. The van der Waals surface area contributed by atoms with E-state index < -0.39 is 5.97 Å². The fourth-order valence-corrected chi connectivity index (χ4v) is 5.08. The summed E-state index contributed by atoms with van der Waals surface area (Å²) in [6.45, 7) is 1.87. The fourth-order valence-electron chi connectivity index (χ4n) is 5.08. The number of methoxy groups -OCH3 is 3. The molecular weight excluding hydrogens is 448 g/mol. The summed E-state index contributed by atoms with van der Waals surface area (Å²) in [5.74, 6) is 1.11. The predicted molar refractivity (Wildman–Crippen MR) is 128 cm³/mol. The number of Topliss-reactive ketones (excluding diaryl/α,β-unsaturated/α-hetero) is 1. The maximum absolute atomic E-state index is 13.7. The van der Waals surface area contributed by atoms with E-state index in [1.807, 2.05) is 37.3 Å². The largest absolute Gasteiger partial charge is 0.493 e. The Bertz CT molecular complexity index is 1340. The molecule has 0 unspecified atom stereocenters. The van der Waals surface area contributed by atoms with E-state index in [-0.39, 0.29) is 17.6 Å². The molecule has 0 fully saturated rings. The summed E-state index contributed by atoms with van der Waals surface area (Å²) in [5.41, 5.74) is 5.44. The van der Waals surface area contributed by atoms with Crippen LogP contribution in [0, 0.1) is 6.92 Å². The molecule has 2 atom stereocenters. The van der Waals surface area contributed by atoms with Crippen LogP contribution in [0.4, 0.5) is 5.88 Å². The number of hydrogen-bond donors (Lipinski definition) is 1. The quantitative estimate of drug-likeness (QED) is 0.529. The summed E-state index contributed by atoms with van der Waals surface area (Å²) in [6, 6.07) is 12.9. The second kappa shape index (κ2) is 8.94. The SMILES string of the molecule is COC(=O)c1ccc([C@H]2C3=C(C[C@@H](c4ccc(OC)c(OC)c4)CC3=O)Nc3onc(C)c32)cc1. The molecular formula is C27H26N2O6. The average Bonchev–Trinajstić information content (AvgIpc) is 3.26. The van der Waals surface area contributed by atoms with Crippen LogP contribution in [0.5, 0.6) is 11.5 Å².